The Labute approximate surface area is 106 Å². The van der Waals surface area contributed by atoms with Crippen molar-refractivity contribution in [2.24, 2.45) is 0 Å². The van der Waals surface area contributed by atoms with E-state index in [0.29, 0.717) is 0 Å². The zero-order chi connectivity index (χ0) is 12.4. The minimum Gasteiger partial charge on any atom is -0.458 e. The molecule has 0 amide bonds. The summed E-state index contributed by atoms with van der Waals surface area (Å²) in [4.78, 5) is 4.28. The van der Waals surface area contributed by atoms with Gasteiger partial charge in [0.15, 0.2) is 17.4 Å². The summed E-state index contributed by atoms with van der Waals surface area (Å²) in [6.45, 7) is 3.00. The van der Waals surface area contributed by atoms with Gasteiger partial charge in [0.25, 0.3) is 0 Å². The molecule has 2 aromatic rings. The minimum absolute atomic E-state index is 0.719. The van der Waals surface area contributed by atoms with Gasteiger partial charge in [-0.25, -0.2) is 4.98 Å². The zero-order valence-corrected chi connectivity index (χ0v) is 10.6. The summed E-state index contributed by atoms with van der Waals surface area (Å²) < 4.78 is 11.3. The molecule has 18 heavy (non-hydrogen) atoms. The van der Waals surface area contributed by atoms with Crippen LogP contribution in [-0.2, 0) is 12.8 Å². The molecule has 0 saturated heterocycles. The third-order valence-corrected chi connectivity index (χ3v) is 3.16. The number of nitrogens with one attached hydrogen (secondary N) is 1. The summed E-state index contributed by atoms with van der Waals surface area (Å²) >= 11 is 0. The molecule has 2 heterocycles. The number of oxazole rings is 1. The lowest BCUT2D eigenvalue weighted by molar-refractivity contribution is 0.464. The van der Waals surface area contributed by atoms with Gasteiger partial charge in [0.2, 0.25) is 0 Å². The van der Waals surface area contributed by atoms with Gasteiger partial charge in [-0.15, -0.1) is 0 Å². The Hall–Kier alpha value is -1.55. The number of aromatic nitrogens is 1. The third-order valence-electron chi connectivity index (χ3n) is 3.16. The quantitative estimate of drug-likeness (QED) is 0.851. The van der Waals surface area contributed by atoms with Gasteiger partial charge in [-0.1, -0.05) is 6.92 Å². The van der Waals surface area contributed by atoms with E-state index >= 15 is 0 Å². The molecule has 0 atom stereocenters. The third kappa shape index (κ3) is 2.64. The predicted octanol–water partition coefficient (Wildman–Crippen LogP) is 2.79. The Bertz CT molecular complexity index is 511. The van der Waals surface area contributed by atoms with Crippen molar-refractivity contribution in [3.8, 4) is 11.5 Å². The van der Waals surface area contributed by atoms with Gasteiger partial charge < -0.3 is 14.2 Å². The van der Waals surface area contributed by atoms with Gasteiger partial charge in [0, 0.05) is 25.4 Å². The van der Waals surface area contributed by atoms with E-state index < -0.39 is 0 Å². The van der Waals surface area contributed by atoms with Crippen molar-refractivity contribution in [2.45, 2.75) is 38.6 Å². The minimum atomic E-state index is 0.719. The second-order valence-electron chi connectivity index (χ2n) is 4.72. The van der Waals surface area contributed by atoms with Crippen molar-refractivity contribution in [1.82, 2.24) is 10.3 Å². The van der Waals surface area contributed by atoms with Crippen LogP contribution < -0.4 is 5.32 Å². The van der Waals surface area contributed by atoms with Crippen molar-refractivity contribution in [1.29, 1.82) is 0 Å². The summed E-state index contributed by atoms with van der Waals surface area (Å²) in [5, 5.41) is 3.44. The number of hydrogen-bond donors (Lipinski definition) is 1. The summed E-state index contributed by atoms with van der Waals surface area (Å²) in [5.74, 6) is 3.22. The average Bonchev–Trinajstić information content (AvgIpc) is 2.92. The Morgan fingerprint density at radius 2 is 2.17 bits per heavy atom. The molecule has 0 aromatic carbocycles. The first-order valence-corrected chi connectivity index (χ1v) is 6.62. The molecular formula is C14H18N2O2. The SMILES string of the molecule is CCc1ccc(-c2cnc(CCNC3CC3)o2)o1. The lowest BCUT2D eigenvalue weighted by Crippen LogP contribution is -2.19. The van der Waals surface area contributed by atoms with E-state index in [9.17, 15) is 0 Å². The number of rotatable bonds is 6. The molecule has 1 aliphatic rings. The second-order valence-corrected chi connectivity index (χ2v) is 4.72. The molecule has 4 nitrogen and oxygen atoms in total. The normalized spacial score (nSPS) is 15.2. The first-order chi connectivity index (χ1) is 8.85. The van der Waals surface area contributed by atoms with Crippen LogP contribution in [0.15, 0.2) is 27.2 Å². The lowest BCUT2D eigenvalue weighted by Gasteiger charge is -1.98. The average molecular weight is 246 g/mol. The van der Waals surface area contributed by atoms with E-state index in [-0.39, 0.29) is 0 Å². The number of furan rings is 1. The van der Waals surface area contributed by atoms with Gasteiger partial charge in [-0.3, -0.25) is 0 Å². The summed E-state index contributed by atoms with van der Waals surface area (Å²) in [6.07, 6.45) is 6.08. The van der Waals surface area contributed by atoms with E-state index in [4.69, 9.17) is 8.83 Å². The number of nitrogens with zero attached hydrogens (tertiary/aromatic N) is 1. The van der Waals surface area contributed by atoms with E-state index in [1.165, 1.54) is 12.8 Å². The molecular weight excluding hydrogens is 228 g/mol. The molecule has 0 aliphatic heterocycles. The molecule has 0 radical (unpaired) electrons. The fourth-order valence-corrected chi connectivity index (χ4v) is 1.91. The van der Waals surface area contributed by atoms with E-state index in [1.54, 1.807) is 6.20 Å². The van der Waals surface area contributed by atoms with Crippen molar-refractivity contribution in [3.05, 3.63) is 30.0 Å². The van der Waals surface area contributed by atoms with Crippen LogP contribution in [0.4, 0.5) is 0 Å². The Kier molecular flexibility index (Phi) is 3.19. The van der Waals surface area contributed by atoms with Crippen molar-refractivity contribution < 1.29 is 8.83 Å². The zero-order valence-electron chi connectivity index (χ0n) is 10.6. The van der Waals surface area contributed by atoms with Crippen LogP contribution in [0.25, 0.3) is 11.5 Å². The molecule has 3 rings (SSSR count). The van der Waals surface area contributed by atoms with Crippen LogP contribution in [0, 0.1) is 0 Å². The molecule has 96 valence electrons. The van der Waals surface area contributed by atoms with Crippen molar-refractivity contribution >= 4 is 0 Å². The van der Waals surface area contributed by atoms with Gasteiger partial charge in [0.05, 0.1) is 6.20 Å². The summed E-state index contributed by atoms with van der Waals surface area (Å²) in [7, 11) is 0. The molecule has 1 fully saturated rings. The maximum Gasteiger partial charge on any atom is 0.196 e. The van der Waals surface area contributed by atoms with Crippen LogP contribution in [0.3, 0.4) is 0 Å². The van der Waals surface area contributed by atoms with Crippen molar-refractivity contribution in [3.63, 3.8) is 0 Å². The molecule has 1 N–H and O–H groups in total. The Morgan fingerprint density at radius 1 is 1.28 bits per heavy atom. The molecule has 1 aliphatic carbocycles. The molecule has 2 aromatic heterocycles. The summed E-state index contributed by atoms with van der Waals surface area (Å²) in [5.41, 5.74) is 0. The predicted molar refractivity (Wildman–Crippen MR) is 68.3 cm³/mol. The van der Waals surface area contributed by atoms with E-state index in [2.05, 4.69) is 17.2 Å². The number of hydrogen-bond acceptors (Lipinski definition) is 4. The molecule has 1 saturated carbocycles. The molecule has 0 bridgehead atoms. The molecule has 0 unspecified atom stereocenters. The number of aryl methyl sites for hydroxylation is 1. The molecule has 0 spiro atoms. The van der Waals surface area contributed by atoms with Crippen LogP contribution >= 0.6 is 0 Å². The highest BCUT2D eigenvalue weighted by Gasteiger charge is 2.20. The maximum atomic E-state index is 5.68. The van der Waals surface area contributed by atoms with Gasteiger partial charge >= 0.3 is 0 Å². The van der Waals surface area contributed by atoms with E-state index in [0.717, 1.165) is 48.6 Å². The topological polar surface area (TPSA) is 51.2 Å². The summed E-state index contributed by atoms with van der Waals surface area (Å²) in [6, 6.07) is 4.65. The highest BCUT2D eigenvalue weighted by molar-refractivity contribution is 5.48. The van der Waals surface area contributed by atoms with Gasteiger partial charge in [-0.2, -0.15) is 0 Å². The van der Waals surface area contributed by atoms with Crippen LogP contribution in [0.1, 0.15) is 31.4 Å². The first-order valence-electron chi connectivity index (χ1n) is 6.62. The van der Waals surface area contributed by atoms with Crippen LogP contribution in [0.2, 0.25) is 0 Å². The first kappa shape index (κ1) is 11.5. The van der Waals surface area contributed by atoms with Gasteiger partial charge in [0.1, 0.15) is 5.76 Å². The molecule has 4 heteroatoms. The monoisotopic (exact) mass is 246 g/mol. The smallest absolute Gasteiger partial charge is 0.196 e. The van der Waals surface area contributed by atoms with E-state index in [1.807, 2.05) is 12.1 Å². The lowest BCUT2D eigenvalue weighted by atomic mass is 10.3. The van der Waals surface area contributed by atoms with Crippen molar-refractivity contribution in [2.75, 3.05) is 6.54 Å². The Morgan fingerprint density at radius 3 is 2.89 bits per heavy atom. The highest BCUT2D eigenvalue weighted by atomic mass is 16.4. The fraction of sp³-hybridized carbons (Fsp3) is 0.500. The van der Waals surface area contributed by atoms with Crippen LogP contribution in [0.5, 0.6) is 0 Å². The maximum absolute atomic E-state index is 5.68. The highest BCUT2D eigenvalue weighted by Crippen LogP contribution is 2.23. The van der Waals surface area contributed by atoms with Crippen LogP contribution in [-0.4, -0.2) is 17.6 Å². The van der Waals surface area contributed by atoms with Gasteiger partial charge in [-0.05, 0) is 25.0 Å². The second kappa shape index (κ2) is 4.98. The fourth-order valence-electron chi connectivity index (χ4n) is 1.91. The largest absolute Gasteiger partial charge is 0.458 e. The standard InChI is InChI=1S/C14H18N2O2/c1-2-11-5-6-12(17-11)13-9-16-14(18-13)7-8-15-10-3-4-10/h5-6,9-10,15H,2-4,7-8H2,1H3. The Balaban J connectivity index is 1.60.